The van der Waals surface area contributed by atoms with Gasteiger partial charge in [-0.1, -0.05) is 23.7 Å². The van der Waals surface area contributed by atoms with E-state index in [-0.39, 0.29) is 6.54 Å². The number of ether oxygens (including phenoxy) is 2. The number of rotatable bonds is 5. The van der Waals surface area contributed by atoms with E-state index >= 15 is 0 Å². The Hall–Kier alpha value is -2.80. The third-order valence-electron chi connectivity index (χ3n) is 3.77. The standard InChI is InChI=1S/C17H16ClN3O4/c1-24-14-7-4-11(8-19-14)15(10-2-5-12(18)6-3-10)21-16(22)13-9-20-17(23)25-13/h2-8,13,15H,9H2,1H3,(H,20,23)(H,21,22)/t13-,15+/m0/s1. The zero-order valence-electron chi connectivity index (χ0n) is 13.4. The Morgan fingerprint density at radius 2 is 2.04 bits per heavy atom. The number of benzene rings is 1. The van der Waals surface area contributed by atoms with E-state index in [0.29, 0.717) is 10.9 Å². The number of carbonyl (C=O) groups is 2. The minimum atomic E-state index is -0.867. The molecular formula is C17H16ClN3O4. The molecule has 0 saturated carbocycles. The maximum absolute atomic E-state index is 12.4. The van der Waals surface area contributed by atoms with Crippen molar-refractivity contribution >= 4 is 23.6 Å². The summed E-state index contributed by atoms with van der Waals surface area (Å²) in [7, 11) is 1.53. The lowest BCUT2D eigenvalue weighted by Crippen LogP contribution is -2.39. The van der Waals surface area contributed by atoms with Gasteiger partial charge < -0.3 is 20.1 Å². The highest BCUT2D eigenvalue weighted by Gasteiger charge is 2.31. The summed E-state index contributed by atoms with van der Waals surface area (Å²) in [6.07, 6.45) is 0.153. The lowest BCUT2D eigenvalue weighted by Gasteiger charge is -2.21. The van der Waals surface area contributed by atoms with Crippen molar-refractivity contribution in [2.75, 3.05) is 13.7 Å². The van der Waals surface area contributed by atoms with E-state index in [1.807, 2.05) is 18.2 Å². The minimum absolute atomic E-state index is 0.138. The molecule has 1 aliphatic rings. The molecule has 7 nitrogen and oxygen atoms in total. The molecule has 1 aromatic carbocycles. The molecule has 2 atom stereocenters. The van der Waals surface area contributed by atoms with E-state index in [4.69, 9.17) is 21.1 Å². The predicted octanol–water partition coefficient (Wildman–Crippen LogP) is 2.06. The second kappa shape index (κ2) is 7.40. The van der Waals surface area contributed by atoms with Crippen molar-refractivity contribution in [3.05, 3.63) is 58.7 Å². The van der Waals surface area contributed by atoms with Gasteiger partial charge in [0.15, 0.2) is 6.10 Å². The molecule has 25 heavy (non-hydrogen) atoms. The van der Waals surface area contributed by atoms with Crippen molar-refractivity contribution < 1.29 is 19.1 Å². The largest absolute Gasteiger partial charge is 0.481 e. The van der Waals surface area contributed by atoms with E-state index in [9.17, 15) is 9.59 Å². The summed E-state index contributed by atoms with van der Waals surface area (Å²) in [5.74, 6) is 0.0768. The number of hydrogen-bond acceptors (Lipinski definition) is 5. The summed E-state index contributed by atoms with van der Waals surface area (Å²) in [5, 5.41) is 5.94. The molecule has 1 fully saturated rings. The highest BCUT2D eigenvalue weighted by Crippen LogP contribution is 2.24. The molecule has 3 rings (SSSR count). The maximum Gasteiger partial charge on any atom is 0.408 e. The van der Waals surface area contributed by atoms with Gasteiger partial charge in [-0.3, -0.25) is 4.79 Å². The zero-order chi connectivity index (χ0) is 17.8. The molecule has 0 bridgehead atoms. The highest BCUT2D eigenvalue weighted by molar-refractivity contribution is 6.30. The van der Waals surface area contributed by atoms with Crippen LogP contribution < -0.4 is 15.4 Å². The monoisotopic (exact) mass is 361 g/mol. The first kappa shape index (κ1) is 17.0. The number of cyclic esters (lactones) is 1. The SMILES string of the molecule is COc1ccc([C@H](NC(=O)[C@@H]2CNC(=O)O2)c2ccc(Cl)cc2)cn1. The van der Waals surface area contributed by atoms with Gasteiger partial charge in [0.25, 0.3) is 5.91 Å². The van der Waals surface area contributed by atoms with Gasteiger partial charge in [-0.2, -0.15) is 0 Å². The van der Waals surface area contributed by atoms with Crippen LogP contribution in [0.5, 0.6) is 5.88 Å². The van der Waals surface area contributed by atoms with Crippen LogP contribution in [0.25, 0.3) is 0 Å². The molecule has 2 amide bonds. The fourth-order valence-corrected chi connectivity index (χ4v) is 2.59. The van der Waals surface area contributed by atoms with Crippen molar-refractivity contribution in [3.8, 4) is 5.88 Å². The van der Waals surface area contributed by atoms with E-state index in [1.165, 1.54) is 7.11 Å². The van der Waals surface area contributed by atoms with Crippen LogP contribution in [-0.4, -0.2) is 36.7 Å². The minimum Gasteiger partial charge on any atom is -0.481 e. The summed E-state index contributed by atoms with van der Waals surface area (Å²) >= 11 is 5.95. The summed E-state index contributed by atoms with van der Waals surface area (Å²) < 4.78 is 10.00. The Labute approximate surface area is 149 Å². The van der Waals surface area contributed by atoms with E-state index in [0.717, 1.165) is 11.1 Å². The molecule has 1 aromatic heterocycles. The predicted molar refractivity (Wildman–Crippen MR) is 90.5 cm³/mol. The zero-order valence-corrected chi connectivity index (χ0v) is 14.1. The van der Waals surface area contributed by atoms with E-state index < -0.39 is 24.1 Å². The van der Waals surface area contributed by atoms with Gasteiger partial charge in [0.05, 0.1) is 19.7 Å². The molecule has 0 spiro atoms. The number of methoxy groups -OCH3 is 1. The highest BCUT2D eigenvalue weighted by atomic mass is 35.5. The lowest BCUT2D eigenvalue weighted by atomic mass is 10.00. The first-order chi connectivity index (χ1) is 12.1. The van der Waals surface area contributed by atoms with Gasteiger partial charge in [-0.05, 0) is 29.3 Å². The van der Waals surface area contributed by atoms with Gasteiger partial charge in [0.2, 0.25) is 5.88 Å². The third-order valence-corrected chi connectivity index (χ3v) is 4.02. The van der Waals surface area contributed by atoms with Crippen molar-refractivity contribution in [2.24, 2.45) is 0 Å². The van der Waals surface area contributed by atoms with Crippen LogP contribution in [0, 0.1) is 0 Å². The Morgan fingerprint density at radius 3 is 2.60 bits per heavy atom. The van der Waals surface area contributed by atoms with Crippen molar-refractivity contribution in [1.29, 1.82) is 0 Å². The Morgan fingerprint density at radius 1 is 1.32 bits per heavy atom. The van der Waals surface area contributed by atoms with Gasteiger partial charge in [0, 0.05) is 17.3 Å². The summed E-state index contributed by atoms with van der Waals surface area (Å²) in [6, 6.07) is 10.2. The molecule has 2 heterocycles. The van der Waals surface area contributed by atoms with Gasteiger partial charge in [-0.15, -0.1) is 0 Å². The van der Waals surface area contributed by atoms with Crippen LogP contribution in [0.1, 0.15) is 17.2 Å². The Bertz CT molecular complexity index is 764. The molecule has 0 aliphatic carbocycles. The lowest BCUT2D eigenvalue weighted by molar-refractivity contribution is -0.128. The quantitative estimate of drug-likeness (QED) is 0.850. The smallest absolute Gasteiger partial charge is 0.408 e. The molecule has 130 valence electrons. The first-order valence-corrected chi connectivity index (χ1v) is 7.95. The molecule has 8 heteroatoms. The van der Waals surface area contributed by atoms with Crippen LogP contribution >= 0.6 is 11.6 Å². The van der Waals surface area contributed by atoms with Gasteiger partial charge >= 0.3 is 6.09 Å². The topological polar surface area (TPSA) is 89.6 Å². The number of nitrogens with one attached hydrogen (secondary N) is 2. The summed E-state index contributed by atoms with van der Waals surface area (Å²) in [4.78, 5) is 27.8. The number of amides is 2. The van der Waals surface area contributed by atoms with Gasteiger partial charge in [-0.25, -0.2) is 9.78 Å². The number of alkyl carbamates (subject to hydrolysis) is 1. The normalized spacial score (nSPS) is 17.4. The van der Waals surface area contributed by atoms with Crippen LogP contribution in [0.3, 0.4) is 0 Å². The van der Waals surface area contributed by atoms with Crippen LogP contribution in [-0.2, 0) is 9.53 Å². The molecular weight excluding hydrogens is 346 g/mol. The molecule has 2 N–H and O–H groups in total. The van der Waals surface area contributed by atoms with E-state index in [1.54, 1.807) is 24.4 Å². The molecule has 0 radical (unpaired) electrons. The number of aromatic nitrogens is 1. The average Bonchev–Trinajstić information content (AvgIpc) is 3.07. The van der Waals surface area contributed by atoms with Crippen molar-refractivity contribution in [3.63, 3.8) is 0 Å². The fraction of sp³-hybridized carbons (Fsp3) is 0.235. The van der Waals surface area contributed by atoms with E-state index in [2.05, 4.69) is 15.6 Å². The Balaban J connectivity index is 1.86. The average molecular weight is 362 g/mol. The number of pyridine rings is 1. The number of hydrogen-bond donors (Lipinski definition) is 2. The summed E-state index contributed by atoms with van der Waals surface area (Å²) in [5.41, 5.74) is 1.58. The second-order valence-corrected chi connectivity index (χ2v) is 5.84. The van der Waals surface area contributed by atoms with Crippen molar-refractivity contribution in [1.82, 2.24) is 15.6 Å². The second-order valence-electron chi connectivity index (χ2n) is 5.40. The molecule has 2 aromatic rings. The number of carbonyl (C=O) groups excluding carboxylic acids is 2. The third kappa shape index (κ3) is 4.00. The summed E-state index contributed by atoms with van der Waals surface area (Å²) in [6.45, 7) is 0.138. The number of nitrogens with zero attached hydrogens (tertiary/aromatic N) is 1. The molecule has 0 unspecified atom stereocenters. The molecule has 1 aliphatic heterocycles. The molecule has 1 saturated heterocycles. The van der Waals surface area contributed by atoms with Gasteiger partial charge in [0.1, 0.15) is 0 Å². The number of halogens is 1. The van der Waals surface area contributed by atoms with Crippen LogP contribution in [0.15, 0.2) is 42.6 Å². The Kier molecular flexibility index (Phi) is 5.04. The van der Waals surface area contributed by atoms with Crippen molar-refractivity contribution in [2.45, 2.75) is 12.1 Å². The maximum atomic E-state index is 12.4. The van der Waals surface area contributed by atoms with Crippen LogP contribution in [0.4, 0.5) is 4.79 Å². The fourth-order valence-electron chi connectivity index (χ4n) is 2.47. The van der Waals surface area contributed by atoms with Crippen LogP contribution in [0.2, 0.25) is 5.02 Å². The first-order valence-electron chi connectivity index (χ1n) is 7.57.